The molecule has 0 N–H and O–H groups in total. The molecule has 2 heterocycles. The van der Waals surface area contributed by atoms with Crippen LogP contribution < -0.4 is 0 Å². The van der Waals surface area contributed by atoms with Gasteiger partial charge in [0, 0.05) is 17.5 Å². The van der Waals surface area contributed by atoms with Gasteiger partial charge in [-0.25, -0.2) is 0 Å². The molecule has 2 aromatic heterocycles. The topological polar surface area (TPSA) is 31.9 Å². The molecule has 8 aromatic rings. The van der Waals surface area contributed by atoms with Gasteiger partial charge in [0.1, 0.15) is 0 Å². The molecule has 0 radical (unpaired) electrons. The molecule has 3 nitrogen and oxygen atoms in total. The maximum atomic E-state index is 4.91. The predicted molar refractivity (Wildman–Crippen MR) is 223 cm³/mol. The van der Waals surface area contributed by atoms with Gasteiger partial charge in [-0.15, -0.1) is 36.4 Å². The summed E-state index contributed by atoms with van der Waals surface area (Å²) in [6.45, 7) is 17.5. The van der Waals surface area contributed by atoms with Crippen molar-refractivity contribution >= 4 is 22.5 Å². The molecule has 260 valence electrons. The molecular formula is C49H45N3Zr. The minimum Gasteiger partial charge on any atom is -0.436 e. The van der Waals surface area contributed by atoms with E-state index in [9.17, 15) is 0 Å². The first-order valence-electron chi connectivity index (χ1n) is 17.3. The monoisotopic (exact) mass is 765 g/mol. The van der Waals surface area contributed by atoms with E-state index in [1.807, 2.05) is 103 Å². The van der Waals surface area contributed by atoms with Crippen molar-refractivity contribution in [2.24, 2.45) is 0 Å². The number of benzene rings is 6. The van der Waals surface area contributed by atoms with Gasteiger partial charge in [-0.2, -0.15) is 73.9 Å². The Morgan fingerprint density at radius 2 is 0.962 bits per heavy atom. The summed E-state index contributed by atoms with van der Waals surface area (Å²) in [4.78, 5) is 4.91. The van der Waals surface area contributed by atoms with Gasteiger partial charge in [-0.05, 0) is 72.3 Å². The standard InChI is InChI=1S/C28H24N3.3C7H7.Zr/c1-19-16-20(2)27(21(3)17-19)29-26-13-12-23-14-15-31(28(23)30-26)25-11-7-10-24(18-25)22-8-5-4-6-9-22;3*1-7-5-3-2-4-6-7;/h4-18H,1-3H3;3*2-6H,1H2;/q4*-1;+4. The van der Waals surface area contributed by atoms with E-state index in [2.05, 4.69) is 125 Å². The number of pyridine rings is 1. The van der Waals surface area contributed by atoms with Gasteiger partial charge in [0.2, 0.25) is 0 Å². The summed E-state index contributed by atoms with van der Waals surface area (Å²) >= 11 is 0. The van der Waals surface area contributed by atoms with Crippen LogP contribution in [0.3, 0.4) is 0 Å². The van der Waals surface area contributed by atoms with E-state index in [0.717, 1.165) is 44.9 Å². The second-order valence-electron chi connectivity index (χ2n) is 12.5. The summed E-state index contributed by atoms with van der Waals surface area (Å²) in [5, 5.41) is 5.99. The van der Waals surface area contributed by atoms with Gasteiger partial charge < -0.3 is 14.9 Å². The van der Waals surface area contributed by atoms with Gasteiger partial charge in [0.15, 0.2) is 0 Å². The van der Waals surface area contributed by atoms with Crippen LogP contribution in [0.1, 0.15) is 33.4 Å². The summed E-state index contributed by atoms with van der Waals surface area (Å²) < 4.78 is 2.13. The van der Waals surface area contributed by atoms with E-state index in [4.69, 9.17) is 10.3 Å². The summed E-state index contributed by atoms with van der Waals surface area (Å²) in [5.74, 6) is 0.724. The number of hydrogen-bond donors (Lipinski definition) is 0. The molecule has 6 aromatic carbocycles. The van der Waals surface area contributed by atoms with Gasteiger partial charge in [0.25, 0.3) is 0 Å². The molecule has 0 spiro atoms. The van der Waals surface area contributed by atoms with Gasteiger partial charge in [0.05, 0.1) is 0 Å². The van der Waals surface area contributed by atoms with Crippen LogP contribution in [-0.4, -0.2) is 9.55 Å². The molecule has 0 aliphatic rings. The number of nitrogens with zero attached hydrogens (tertiary/aromatic N) is 3. The fraction of sp³-hybridized carbons (Fsp3) is 0.0612. The molecule has 0 atom stereocenters. The number of aryl methyl sites for hydroxylation is 3. The molecule has 0 bridgehead atoms. The average Bonchev–Trinajstić information content (AvgIpc) is 3.59. The van der Waals surface area contributed by atoms with E-state index < -0.39 is 0 Å². The Morgan fingerprint density at radius 1 is 0.491 bits per heavy atom. The van der Waals surface area contributed by atoms with Crippen LogP contribution in [0.2, 0.25) is 0 Å². The van der Waals surface area contributed by atoms with Crippen LogP contribution in [0.5, 0.6) is 0 Å². The predicted octanol–water partition coefficient (Wildman–Crippen LogP) is 13.6. The van der Waals surface area contributed by atoms with Crippen molar-refractivity contribution in [2.75, 3.05) is 0 Å². The van der Waals surface area contributed by atoms with Crippen LogP contribution in [0.4, 0.5) is 11.5 Å². The number of fused-ring (bicyclic) bond motifs is 1. The molecule has 0 unspecified atom stereocenters. The molecule has 0 amide bonds. The van der Waals surface area contributed by atoms with Crippen LogP contribution in [0.15, 0.2) is 182 Å². The first kappa shape index (κ1) is 40.1. The van der Waals surface area contributed by atoms with Crippen molar-refractivity contribution in [3.05, 3.63) is 242 Å². The molecule has 8 rings (SSSR count). The molecular weight excluding hydrogens is 722 g/mol. The fourth-order valence-electron chi connectivity index (χ4n) is 5.63. The molecule has 0 aliphatic carbocycles. The Labute approximate surface area is 335 Å². The first-order valence-corrected chi connectivity index (χ1v) is 17.3. The Morgan fingerprint density at radius 3 is 1.43 bits per heavy atom. The third-order valence-corrected chi connectivity index (χ3v) is 8.14. The van der Waals surface area contributed by atoms with Crippen molar-refractivity contribution in [3.63, 3.8) is 0 Å². The van der Waals surface area contributed by atoms with Crippen molar-refractivity contribution in [2.45, 2.75) is 20.8 Å². The molecule has 53 heavy (non-hydrogen) atoms. The first-order chi connectivity index (χ1) is 25.3. The number of hydrogen-bond acceptors (Lipinski definition) is 1. The zero-order valence-corrected chi connectivity index (χ0v) is 33.2. The van der Waals surface area contributed by atoms with Crippen LogP contribution >= 0.6 is 0 Å². The minimum atomic E-state index is 0. The smallest absolute Gasteiger partial charge is 0.436 e. The Balaban J connectivity index is 0.000000229. The summed E-state index contributed by atoms with van der Waals surface area (Å²) in [5.41, 5.74) is 12.2. The average molecular weight is 767 g/mol. The molecule has 0 aliphatic heterocycles. The van der Waals surface area contributed by atoms with Crippen LogP contribution in [0, 0.1) is 41.5 Å². The Hall–Kier alpha value is -5.70. The third kappa shape index (κ3) is 12.2. The molecule has 0 saturated heterocycles. The maximum Gasteiger partial charge on any atom is 4.00 e. The van der Waals surface area contributed by atoms with E-state index in [1.54, 1.807) is 0 Å². The van der Waals surface area contributed by atoms with Gasteiger partial charge in [-0.1, -0.05) is 96.3 Å². The van der Waals surface area contributed by atoms with Gasteiger partial charge in [-0.3, -0.25) is 0 Å². The zero-order chi connectivity index (χ0) is 36.7. The second-order valence-corrected chi connectivity index (χ2v) is 12.5. The third-order valence-electron chi connectivity index (χ3n) is 8.14. The van der Waals surface area contributed by atoms with Crippen LogP contribution in [0.25, 0.3) is 33.2 Å². The molecule has 0 saturated carbocycles. The van der Waals surface area contributed by atoms with E-state index in [0.29, 0.717) is 0 Å². The van der Waals surface area contributed by atoms with Gasteiger partial charge >= 0.3 is 26.2 Å². The summed E-state index contributed by atoms with van der Waals surface area (Å²) in [6.07, 6.45) is 2.08. The zero-order valence-electron chi connectivity index (χ0n) is 30.8. The summed E-state index contributed by atoms with van der Waals surface area (Å²) in [6, 6.07) is 59.1. The Kier molecular flexibility index (Phi) is 15.4. The van der Waals surface area contributed by atoms with E-state index >= 15 is 0 Å². The van der Waals surface area contributed by atoms with Crippen LogP contribution in [-0.2, 0) is 26.2 Å². The number of rotatable bonds is 4. The SMILES string of the molecule is Cc1cc(C)c([N-]c2ccc3ccn(-c4cccc(-c5ccccc5)c4)c3n2)c(C)c1.[CH2-]c1ccccc1.[CH2-]c1ccccc1.[CH2-]c1ccccc1.[Zr+4]. The largest absolute Gasteiger partial charge is 4.00 e. The fourth-order valence-corrected chi connectivity index (χ4v) is 5.63. The van der Waals surface area contributed by atoms with Crippen molar-refractivity contribution in [3.8, 4) is 16.8 Å². The van der Waals surface area contributed by atoms with E-state index in [-0.39, 0.29) is 26.2 Å². The Bertz CT molecular complexity index is 2150. The second kappa shape index (κ2) is 20.4. The maximum absolute atomic E-state index is 4.91. The summed E-state index contributed by atoms with van der Waals surface area (Å²) in [7, 11) is 0. The number of aromatic nitrogens is 2. The van der Waals surface area contributed by atoms with Crippen molar-refractivity contribution in [1.82, 2.24) is 9.55 Å². The minimum absolute atomic E-state index is 0. The van der Waals surface area contributed by atoms with E-state index in [1.165, 1.54) is 27.8 Å². The van der Waals surface area contributed by atoms with Crippen molar-refractivity contribution < 1.29 is 26.2 Å². The normalized spacial score (nSPS) is 9.87. The quantitative estimate of drug-likeness (QED) is 0.164. The molecule has 0 fully saturated rings. The molecule has 4 heteroatoms. The van der Waals surface area contributed by atoms with Crippen molar-refractivity contribution in [1.29, 1.82) is 0 Å².